The van der Waals surface area contributed by atoms with E-state index >= 15 is 0 Å². The molecule has 0 aliphatic carbocycles. The fraction of sp³-hybridized carbons (Fsp3) is 0.294. The van der Waals surface area contributed by atoms with Gasteiger partial charge < -0.3 is 15.2 Å². The number of nitrogens with two attached hydrogens (primary N) is 1. The van der Waals surface area contributed by atoms with Crippen LogP contribution in [0.25, 0.3) is 0 Å². The van der Waals surface area contributed by atoms with Crippen molar-refractivity contribution >= 4 is 11.6 Å². The lowest BCUT2D eigenvalue weighted by molar-refractivity contribution is 0.171. The van der Waals surface area contributed by atoms with Gasteiger partial charge >= 0.3 is 0 Å². The van der Waals surface area contributed by atoms with Crippen LogP contribution in [0, 0.1) is 6.92 Å². The summed E-state index contributed by atoms with van der Waals surface area (Å²) in [4.78, 5) is 0. The SMILES string of the molecule is Cc1ccccc1CC(N)c1cc2c(cc1Cl)OCCO2. The fourth-order valence-electron chi connectivity index (χ4n) is 2.55. The minimum Gasteiger partial charge on any atom is -0.486 e. The minimum absolute atomic E-state index is 0.172. The van der Waals surface area contributed by atoms with Crippen LogP contribution in [0.3, 0.4) is 0 Å². The second-order valence-corrected chi connectivity index (χ2v) is 5.66. The molecule has 0 saturated heterocycles. The topological polar surface area (TPSA) is 44.5 Å². The van der Waals surface area contributed by atoms with E-state index < -0.39 is 0 Å². The summed E-state index contributed by atoms with van der Waals surface area (Å²) in [5.41, 5.74) is 9.71. The van der Waals surface area contributed by atoms with Gasteiger partial charge in [0.15, 0.2) is 11.5 Å². The molecule has 0 amide bonds. The molecule has 2 N–H and O–H groups in total. The van der Waals surface area contributed by atoms with Crippen LogP contribution in [0.1, 0.15) is 22.7 Å². The molecular formula is C17H18ClNO2. The van der Waals surface area contributed by atoms with Gasteiger partial charge in [0, 0.05) is 17.1 Å². The zero-order valence-electron chi connectivity index (χ0n) is 11.9. The fourth-order valence-corrected chi connectivity index (χ4v) is 2.84. The number of fused-ring (bicyclic) bond motifs is 1. The highest BCUT2D eigenvalue weighted by Gasteiger charge is 2.19. The number of hydrogen-bond donors (Lipinski definition) is 1. The lowest BCUT2D eigenvalue weighted by Gasteiger charge is -2.22. The Balaban J connectivity index is 1.87. The van der Waals surface area contributed by atoms with Crippen molar-refractivity contribution in [3.05, 3.63) is 58.1 Å². The highest BCUT2D eigenvalue weighted by atomic mass is 35.5. The number of aryl methyl sites for hydroxylation is 1. The van der Waals surface area contributed by atoms with Gasteiger partial charge in [0.1, 0.15) is 13.2 Å². The van der Waals surface area contributed by atoms with Crippen LogP contribution in [0.15, 0.2) is 36.4 Å². The third kappa shape index (κ3) is 2.99. The third-order valence-electron chi connectivity index (χ3n) is 3.76. The first kappa shape index (κ1) is 14.2. The molecule has 1 aliphatic rings. The van der Waals surface area contributed by atoms with Crippen molar-refractivity contribution in [2.75, 3.05) is 13.2 Å². The smallest absolute Gasteiger partial charge is 0.162 e. The molecule has 110 valence electrons. The summed E-state index contributed by atoms with van der Waals surface area (Å²) in [7, 11) is 0. The zero-order chi connectivity index (χ0) is 14.8. The van der Waals surface area contributed by atoms with Gasteiger partial charge in [-0.2, -0.15) is 0 Å². The van der Waals surface area contributed by atoms with Gasteiger partial charge in [-0.1, -0.05) is 35.9 Å². The van der Waals surface area contributed by atoms with E-state index in [-0.39, 0.29) is 6.04 Å². The van der Waals surface area contributed by atoms with E-state index in [1.165, 1.54) is 11.1 Å². The summed E-state index contributed by atoms with van der Waals surface area (Å²) in [6, 6.07) is 11.8. The molecule has 3 rings (SSSR count). The molecule has 0 fully saturated rings. The molecule has 1 atom stereocenters. The average Bonchev–Trinajstić information content (AvgIpc) is 2.49. The van der Waals surface area contributed by atoms with Crippen molar-refractivity contribution in [2.24, 2.45) is 5.73 Å². The lowest BCUT2D eigenvalue weighted by atomic mass is 9.96. The van der Waals surface area contributed by atoms with Gasteiger partial charge in [0.05, 0.1) is 0 Å². The minimum atomic E-state index is -0.172. The quantitative estimate of drug-likeness (QED) is 0.941. The Morgan fingerprint density at radius 1 is 1.14 bits per heavy atom. The van der Waals surface area contributed by atoms with Gasteiger partial charge in [-0.05, 0) is 36.1 Å². The Hall–Kier alpha value is -1.71. The van der Waals surface area contributed by atoms with Crippen LogP contribution in [0.5, 0.6) is 11.5 Å². The van der Waals surface area contributed by atoms with Crippen LogP contribution in [-0.2, 0) is 6.42 Å². The monoisotopic (exact) mass is 303 g/mol. The summed E-state index contributed by atoms with van der Waals surface area (Å²) in [6.07, 6.45) is 0.742. The van der Waals surface area contributed by atoms with Gasteiger partial charge in [0.2, 0.25) is 0 Å². The molecule has 0 spiro atoms. The maximum absolute atomic E-state index is 6.35. The lowest BCUT2D eigenvalue weighted by Crippen LogP contribution is -2.18. The van der Waals surface area contributed by atoms with Gasteiger partial charge in [-0.3, -0.25) is 0 Å². The molecule has 4 heteroatoms. The highest BCUT2D eigenvalue weighted by molar-refractivity contribution is 6.31. The van der Waals surface area contributed by atoms with Crippen molar-refractivity contribution in [2.45, 2.75) is 19.4 Å². The molecule has 2 aromatic carbocycles. The third-order valence-corrected chi connectivity index (χ3v) is 4.09. The molecular weight excluding hydrogens is 286 g/mol. The van der Waals surface area contributed by atoms with Crippen molar-refractivity contribution < 1.29 is 9.47 Å². The van der Waals surface area contributed by atoms with E-state index in [4.69, 9.17) is 26.8 Å². The summed E-state index contributed by atoms with van der Waals surface area (Å²) in [6.45, 7) is 3.20. The summed E-state index contributed by atoms with van der Waals surface area (Å²) >= 11 is 6.35. The number of halogens is 1. The normalized spacial score (nSPS) is 14.8. The van der Waals surface area contributed by atoms with Gasteiger partial charge in [0.25, 0.3) is 0 Å². The number of rotatable bonds is 3. The Morgan fingerprint density at radius 3 is 2.52 bits per heavy atom. The highest BCUT2D eigenvalue weighted by Crippen LogP contribution is 2.37. The standard InChI is InChI=1S/C17H18ClNO2/c1-11-4-2-3-5-12(11)8-15(19)13-9-16-17(10-14(13)18)21-7-6-20-16/h2-5,9-10,15H,6-8,19H2,1H3. The molecule has 1 heterocycles. The molecule has 0 bridgehead atoms. The largest absolute Gasteiger partial charge is 0.486 e. The van der Waals surface area contributed by atoms with E-state index in [1.807, 2.05) is 18.2 Å². The second kappa shape index (κ2) is 5.96. The number of ether oxygens (including phenoxy) is 2. The van der Waals surface area contributed by atoms with Gasteiger partial charge in [-0.25, -0.2) is 0 Å². The molecule has 0 aromatic heterocycles. The second-order valence-electron chi connectivity index (χ2n) is 5.25. The molecule has 1 unspecified atom stereocenters. The van der Waals surface area contributed by atoms with Crippen LogP contribution in [-0.4, -0.2) is 13.2 Å². The Morgan fingerprint density at radius 2 is 1.81 bits per heavy atom. The van der Waals surface area contributed by atoms with E-state index in [1.54, 1.807) is 6.07 Å². The first-order chi connectivity index (χ1) is 10.1. The predicted molar refractivity (Wildman–Crippen MR) is 84.3 cm³/mol. The van der Waals surface area contributed by atoms with E-state index in [0.29, 0.717) is 24.0 Å². The molecule has 3 nitrogen and oxygen atoms in total. The Labute approximate surface area is 129 Å². The van der Waals surface area contributed by atoms with Crippen LogP contribution < -0.4 is 15.2 Å². The van der Waals surface area contributed by atoms with Crippen molar-refractivity contribution in [1.82, 2.24) is 0 Å². The van der Waals surface area contributed by atoms with Crippen LogP contribution in [0.2, 0.25) is 5.02 Å². The number of hydrogen-bond acceptors (Lipinski definition) is 3. The van der Waals surface area contributed by atoms with Crippen LogP contribution in [0.4, 0.5) is 0 Å². The number of benzene rings is 2. The van der Waals surface area contributed by atoms with Crippen LogP contribution >= 0.6 is 11.6 Å². The van der Waals surface area contributed by atoms with Crippen molar-refractivity contribution in [1.29, 1.82) is 0 Å². The van der Waals surface area contributed by atoms with Crippen molar-refractivity contribution in [3.8, 4) is 11.5 Å². The molecule has 2 aromatic rings. The van der Waals surface area contributed by atoms with E-state index in [0.717, 1.165) is 17.7 Å². The predicted octanol–water partition coefficient (Wildman–Crippen LogP) is 3.66. The summed E-state index contributed by atoms with van der Waals surface area (Å²) in [5.74, 6) is 1.42. The van der Waals surface area contributed by atoms with Crippen molar-refractivity contribution in [3.63, 3.8) is 0 Å². The molecule has 0 radical (unpaired) electrons. The zero-order valence-corrected chi connectivity index (χ0v) is 12.7. The van der Waals surface area contributed by atoms with E-state index in [9.17, 15) is 0 Å². The first-order valence-electron chi connectivity index (χ1n) is 7.04. The molecule has 1 aliphatic heterocycles. The first-order valence-corrected chi connectivity index (χ1v) is 7.42. The maximum atomic E-state index is 6.35. The Bertz CT molecular complexity index is 657. The van der Waals surface area contributed by atoms with Gasteiger partial charge in [-0.15, -0.1) is 0 Å². The van der Waals surface area contributed by atoms with E-state index in [2.05, 4.69) is 19.1 Å². The summed E-state index contributed by atoms with van der Waals surface area (Å²) in [5, 5.41) is 0.625. The maximum Gasteiger partial charge on any atom is 0.162 e. The molecule has 21 heavy (non-hydrogen) atoms. The summed E-state index contributed by atoms with van der Waals surface area (Å²) < 4.78 is 11.1. The molecule has 0 saturated carbocycles. The average molecular weight is 304 g/mol. The Kier molecular flexibility index (Phi) is 4.04.